The van der Waals surface area contributed by atoms with Crippen molar-refractivity contribution in [3.05, 3.63) is 109 Å². The van der Waals surface area contributed by atoms with E-state index in [0.717, 1.165) is 38.6 Å². The summed E-state index contributed by atoms with van der Waals surface area (Å²) in [4.78, 5) is 13.5. The number of phenols is 1. The third-order valence-electron chi connectivity index (χ3n) is 9.57. The molecule has 250 valence electrons. The molecule has 4 rings (SSSR count). The van der Waals surface area contributed by atoms with Crippen molar-refractivity contribution < 1.29 is 9.90 Å². The van der Waals surface area contributed by atoms with Crippen LogP contribution in [0.3, 0.4) is 0 Å². The number of hydrogen-bond acceptors (Lipinski definition) is 2. The second-order valence-electron chi connectivity index (χ2n) is 18.0. The minimum absolute atomic E-state index is 0.165. The fourth-order valence-electron chi connectivity index (χ4n) is 6.74. The highest BCUT2D eigenvalue weighted by Gasteiger charge is 2.34. The maximum absolute atomic E-state index is 13.5. The van der Waals surface area contributed by atoms with E-state index in [9.17, 15) is 9.90 Å². The van der Waals surface area contributed by atoms with Gasteiger partial charge in [0, 0.05) is 22.3 Å². The van der Waals surface area contributed by atoms with Gasteiger partial charge in [0.15, 0.2) is 5.78 Å². The zero-order chi connectivity index (χ0) is 35.6. The average molecular weight is 631 g/mol. The highest BCUT2D eigenvalue weighted by Crippen LogP contribution is 2.43. The van der Waals surface area contributed by atoms with Crippen LogP contribution in [0.1, 0.15) is 122 Å². The number of allylic oxidation sites excluding steroid dienone is 4. The summed E-state index contributed by atoms with van der Waals surface area (Å²) in [6.07, 6.45) is 6.56. The van der Waals surface area contributed by atoms with Crippen molar-refractivity contribution in [2.24, 2.45) is 10.8 Å². The quantitative estimate of drug-likeness (QED) is 0.306. The van der Waals surface area contributed by atoms with Gasteiger partial charge in [-0.1, -0.05) is 107 Å². The van der Waals surface area contributed by atoms with Crippen LogP contribution in [0.25, 0.3) is 22.8 Å². The predicted molar refractivity (Wildman–Crippen MR) is 203 cm³/mol. The zero-order valence-electron chi connectivity index (χ0n) is 32.1. The van der Waals surface area contributed by atoms with Crippen LogP contribution in [0, 0.1) is 38.5 Å². The summed E-state index contributed by atoms with van der Waals surface area (Å²) in [5, 5.41) is 13.7. The Morgan fingerprint density at radius 3 is 1.28 bits per heavy atom. The summed E-state index contributed by atoms with van der Waals surface area (Å²) in [7, 11) is 0. The topological polar surface area (TPSA) is 37.3 Å². The Kier molecular flexibility index (Phi) is 9.32. The Morgan fingerprint density at radius 2 is 0.915 bits per heavy atom. The van der Waals surface area contributed by atoms with Gasteiger partial charge >= 0.3 is 0 Å². The Bertz CT molecular complexity index is 1820. The van der Waals surface area contributed by atoms with E-state index in [4.69, 9.17) is 0 Å². The molecule has 2 heteroatoms. The van der Waals surface area contributed by atoms with E-state index in [0.29, 0.717) is 5.75 Å². The Hall–Kier alpha value is -3.65. The van der Waals surface area contributed by atoms with Gasteiger partial charge in [0.05, 0.1) is 0 Å². The fourth-order valence-corrected chi connectivity index (χ4v) is 6.74. The van der Waals surface area contributed by atoms with E-state index in [1.54, 1.807) is 0 Å². The molecule has 2 nitrogen and oxygen atoms in total. The van der Waals surface area contributed by atoms with Crippen molar-refractivity contribution in [3.63, 3.8) is 0 Å². The van der Waals surface area contributed by atoms with Gasteiger partial charge in [-0.2, -0.15) is 0 Å². The standard InChI is InChI=1S/C45H58O2/c1-26-17-30(32-21-36(42(5,6)7)40(46)37(22-32)43(8,9)10)18-27(2)34(26)25-35-28(3)19-31(20-29(35)4)33-23-38(44(11,12)13)41(47)39(24-33)45(14,15)16/h17-25,46H,1-16H3. The van der Waals surface area contributed by atoms with Crippen LogP contribution >= 0.6 is 0 Å². The highest BCUT2D eigenvalue weighted by molar-refractivity contribution is 6.14. The lowest BCUT2D eigenvalue weighted by Crippen LogP contribution is -2.29. The molecule has 1 N–H and O–H groups in total. The predicted octanol–water partition coefficient (Wildman–Crippen LogP) is 10.4. The molecule has 1 aliphatic carbocycles. The van der Waals surface area contributed by atoms with Crippen molar-refractivity contribution in [2.75, 3.05) is 0 Å². The van der Waals surface area contributed by atoms with E-state index >= 15 is 0 Å². The van der Waals surface area contributed by atoms with Crippen LogP contribution in [-0.4, -0.2) is 10.9 Å². The Labute approximate surface area is 285 Å². The van der Waals surface area contributed by atoms with Crippen LogP contribution in [0.2, 0.25) is 0 Å². The number of benzene rings is 3. The monoisotopic (exact) mass is 630 g/mol. The van der Waals surface area contributed by atoms with Crippen LogP contribution < -0.4 is 10.4 Å². The molecule has 0 bridgehead atoms. The van der Waals surface area contributed by atoms with Crippen molar-refractivity contribution in [1.82, 2.24) is 0 Å². The van der Waals surface area contributed by atoms with Crippen molar-refractivity contribution in [3.8, 4) is 16.9 Å². The van der Waals surface area contributed by atoms with Crippen molar-refractivity contribution in [1.29, 1.82) is 0 Å². The smallest absolute Gasteiger partial charge is 0.186 e. The molecule has 0 fully saturated rings. The summed E-state index contributed by atoms with van der Waals surface area (Å²) in [6, 6.07) is 13.5. The van der Waals surface area contributed by atoms with Gasteiger partial charge in [-0.15, -0.1) is 0 Å². The van der Waals surface area contributed by atoms with Gasteiger partial charge < -0.3 is 5.11 Å². The number of rotatable bonds is 2. The van der Waals surface area contributed by atoms with Gasteiger partial charge in [-0.05, 0) is 135 Å². The van der Waals surface area contributed by atoms with Crippen molar-refractivity contribution in [2.45, 2.75) is 122 Å². The number of carbonyl (C=O) groups is 1. The third-order valence-corrected chi connectivity index (χ3v) is 9.57. The fraction of sp³-hybridized carbons (Fsp3) is 0.444. The molecule has 0 spiro atoms. The molecule has 0 amide bonds. The Morgan fingerprint density at radius 1 is 0.532 bits per heavy atom. The number of aromatic hydroxyl groups is 1. The molecule has 0 atom stereocenters. The van der Waals surface area contributed by atoms with Gasteiger partial charge in [0.1, 0.15) is 5.75 Å². The summed E-state index contributed by atoms with van der Waals surface area (Å²) in [5.74, 6) is 0.577. The first-order chi connectivity index (χ1) is 21.3. The minimum atomic E-state index is -0.241. The van der Waals surface area contributed by atoms with Gasteiger partial charge in [0.25, 0.3) is 0 Å². The van der Waals surface area contributed by atoms with E-state index < -0.39 is 0 Å². The molecular formula is C45H58O2. The lowest BCUT2D eigenvalue weighted by molar-refractivity contribution is -0.114. The van der Waals surface area contributed by atoms with Gasteiger partial charge in [0.2, 0.25) is 0 Å². The second-order valence-corrected chi connectivity index (χ2v) is 18.0. The lowest BCUT2D eigenvalue weighted by Gasteiger charge is -2.31. The number of Topliss-reactive ketones (excluding diaryl/α,β-unsaturated/α-hetero) is 1. The largest absolute Gasteiger partial charge is 0.507 e. The SMILES string of the molecule is Cc1cc(-c2cc(C(C)(C)C)c(O)c(C(C)(C)C)c2)cc(C)c1C=c1c(C)cc(=C2C=C(C(C)(C)C)C(=O)C(C(C)(C)C)=C2)cc1C. The molecule has 0 saturated carbocycles. The first-order valence-electron chi connectivity index (χ1n) is 17.1. The molecule has 0 unspecified atom stereocenters. The summed E-state index contributed by atoms with van der Waals surface area (Å²) in [6.45, 7) is 34.5. The number of phenolic OH excluding ortho intramolecular Hbond substituents is 1. The minimum Gasteiger partial charge on any atom is -0.507 e. The molecule has 3 aromatic carbocycles. The Balaban J connectivity index is 1.91. The van der Waals surface area contributed by atoms with E-state index in [-0.39, 0.29) is 27.4 Å². The summed E-state index contributed by atoms with van der Waals surface area (Å²) >= 11 is 0. The maximum atomic E-state index is 13.5. The van der Waals surface area contributed by atoms with E-state index in [1.165, 1.54) is 38.6 Å². The van der Waals surface area contributed by atoms with E-state index in [2.05, 4.69) is 165 Å². The number of ketones is 1. The van der Waals surface area contributed by atoms with Crippen LogP contribution in [0.4, 0.5) is 0 Å². The van der Waals surface area contributed by atoms with E-state index in [1.807, 2.05) is 0 Å². The van der Waals surface area contributed by atoms with Crippen molar-refractivity contribution >= 4 is 17.4 Å². The first-order valence-corrected chi connectivity index (χ1v) is 17.1. The second kappa shape index (κ2) is 12.1. The summed E-state index contributed by atoms with van der Waals surface area (Å²) < 4.78 is 0. The first kappa shape index (κ1) is 36.2. The van der Waals surface area contributed by atoms with Gasteiger partial charge in [-0.25, -0.2) is 0 Å². The highest BCUT2D eigenvalue weighted by atomic mass is 16.3. The molecule has 0 heterocycles. The number of aryl methyl sites for hydroxylation is 4. The molecule has 0 radical (unpaired) electrons. The molecule has 0 aliphatic heterocycles. The number of hydrogen-bond donors (Lipinski definition) is 1. The third kappa shape index (κ3) is 7.43. The van der Waals surface area contributed by atoms with Crippen LogP contribution in [0.15, 0.2) is 59.7 Å². The molecular weight excluding hydrogens is 572 g/mol. The molecule has 0 saturated heterocycles. The lowest BCUT2D eigenvalue weighted by atomic mass is 9.71. The molecule has 3 aromatic rings. The molecule has 1 aliphatic rings. The van der Waals surface area contributed by atoms with Crippen LogP contribution in [0.5, 0.6) is 5.75 Å². The van der Waals surface area contributed by atoms with Crippen LogP contribution in [-0.2, 0) is 15.6 Å². The van der Waals surface area contributed by atoms with Gasteiger partial charge in [-0.3, -0.25) is 4.79 Å². The average Bonchev–Trinajstić information content (AvgIpc) is 2.89. The number of carbonyl (C=O) groups excluding carboxylic acids is 1. The summed E-state index contributed by atoms with van der Waals surface area (Å²) in [5.41, 5.74) is 12.4. The molecule has 47 heavy (non-hydrogen) atoms. The normalized spacial score (nSPS) is 14.7. The molecule has 0 aromatic heterocycles. The zero-order valence-corrected chi connectivity index (χ0v) is 32.1. The maximum Gasteiger partial charge on any atom is 0.186 e.